The Labute approximate surface area is 162 Å². The number of carbonyl (C=O) groups is 1. The molecule has 144 valence electrons. The standard InChI is InChI=1S/C21H21N3O4/c1-2-3-9-18(25)23-19(15-6-4-8-16(13-15)24(27)28)17-11-10-14-7-5-12-22-20(14)21(17)26/h4-8,10-13,19,26H,2-3,9H2,1H3,(H,23,25)/t19-/m1/s1. The summed E-state index contributed by atoms with van der Waals surface area (Å²) in [4.78, 5) is 27.3. The summed E-state index contributed by atoms with van der Waals surface area (Å²) in [6, 6.07) is 12.4. The highest BCUT2D eigenvalue weighted by molar-refractivity contribution is 5.86. The Morgan fingerprint density at radius 2 is 2.07 bits per heavy atom. The second-order valence-electron chi connectivity index (χ2n) is 6.53. The molecule has 0 saturated heterocycles. The summed E-state index contributed by atoms with van der Waals surface area (Å²) in [5.74, 6) is -0.232. The molecule has 0 unspecified atom stereocenters. The second kappa shape index (κ2) is 8.47. The summed E-state index contributed by atoms with van der Waals surface area (Å²) in [6.45, 7) is 1.99. The van der Waals surface area contributed by atoms with E-state index in [4.69, 9.17) is 0 Å². The number of nitro benzene ring substituents is 1. The van der Waals surface area contributed by atoms with Crippen LogP contribution in [0.4, 0.5) is 5.69 Å². The van der Waals surface area contributed by atoms with Crippen molar-refractivity contribution in [1.29, 1.82) is 0 Å². The van der Waals surface area contributed by atoms with Crippen LogP contribution in [0.5, 0.6) is 5.75 Å². The Bertz CT molecular complexity index is 1020. The summed E-state index contributed by atoms with van der Waals surface area (Å²) >= 11 is 0. The van der Waals surface area contributed by atoms with Crippen molar-refractivity contribution in [3.63, 3.8) is 0 Å². The third-order valence-electron chi connectivity index (χ3n) is 4.57. The first-order valence-electron chi connectivity index (χ1n) is 9.11. The summed E-state index contributed by atoms with van der Waals surface area (Å²) < 4.78 is 0. The summed E-state index contributed by atoms with van der Waals surface area (Å²) in [7, 11) is 0. The quantitative estimate of drug-likeness (QED) is 0.472. The monoisotopic (exact) mass is 379 g/mol. The number of phenolic OH excluding ortho intramolecular Hbond substituents is 1. The van der Waals surface area contributed by atoms with Gasteiger partial charge in [0, 0.05) is 35.7 Å². The van der Waals surface area contributed by atoms with Crippen LogP contribution in [0.15, 0.2) is 54.7 Å². The van der Waals surface area contributed by atoms with Crippen molar-refractivity contribution >= 4 is 22.5 Å². The molecule has 1 atom stereocenters. The number of unbranched alkanes of at least 4 members (excludes halogenated alkanes) is 1. The number of nitrogens with one attached hydrogen (secondary N) is 1. The van der Waals surface area contributed by atoms with Gasteiger partial charge in [0.05, 0.1) is 11.0 Å². The Morgan fingerprint density at radius 1 is 1.25 bits per heavy atom. The molecule has 0 aliphatic heterocycles. The fourth-order valence-corrected chi connectivity index (χ4v) is 3.11. The van der Waals surface area contributed by atoms with E-state index >= 15 is 0 Å². The number of carbonyl (C=O) groups excluding carboxylic acids is 1. The van der Waals surface area contributed by atoms with Crippen molar-refractivity contribution in [3.8, 4) is 5.75 Å². The number of hydrogen-bond acceptors (Lipinski definition) is 5. The first-order valence-corrected chi connectivity index (χ1v) is 9.11. The van der Waals surface area contributed by atoms with Crippen LogP contribution in [-0.2, 0) is 4.79 Å². The van der Waals surface area contributed by atoms with Gasteiger partial charge in [0.15, 0.2) is 0 Å². The number of nitro groups is 1. The maximum absolute atomic E-state index is 12.4. The lowest BCUT2D eigenvalue weighted by molar-refractivity contribution is -0.384. The highest BCUT2D eigenvalue weighted by atomic mass is 16.6. The molecule has 7 nitrogen and oxygen atoms in total. The molecule has 3 rings (SSSR count). The van der Waals surface area contributed by atoms with E-state index in [1.54, 1.807) is 36.5 Å². The molecule has 3 aromatic rings. The first-order chi connectivity index (χ1) is 13.5. The van der Waals surface area contributed by atoms with Crippen molar-refractivity contribution < 1.29 is 14.8 Å². The Hall–Kier alpha value is -3.48. The van der Waals surface area contributed by atoms with E-state index in [1.807, 2.05) is 13.0 Å². The van der Waals surface area contributed by atoms with Crippen LogP contribution in [0.25, 0.3) is 10.9 Å². The van der Waals surface area contributed by atoms with Crippen molar-refractivity contribution in [2.24, 2.45) is 0 Å². The number of hydrogen-bond donors (Lipinski definition) is 2. The molecule has 2 N–H and O–H groups in total. The van der Waals surface area contributed by atoms with Crippen LogP contribution in [-0.4, -0.2) is 20.9 Å². The minimum atomic E-state index is -0.726. The number of aromatic nitrogens is 1. The van der Waals surface area contributed by atoms with Gasteiger partial charge in [-0.2, -0.15) is 0 Å². The van der Waals surface area contributed by atoms with Gasteiger partial charge in [-0.3, -0.25) is 19.9 Å². The normalized spacial score (nSPS) is 11.9. The topological polar surface area (TPSA) is 105 Å². The number of aromatic hydroxyl groups is 1. The van der Waals surface area contributed by atoms with Gasteiger partial charge in [-0.25, -0.2) is 0 Å². The molecule has 0 aliphatic rings. The van der Waals surface area contributed by atoms with Gasteiger partial charge in [-0.1, -0.05) is 43.7 Å². The van der Waals surface area contributed by atoms with Crippen LogP contribution < -0.4 is 5.32 Å². The zero-order chi connectivity index (χ0) is 20.1. The third-order valence-corrected chi connectivity index (χ3v) is 4.57. The molecule has 0 fully saturated rings. The number of nitrogens with zero attached hydrogens (tertiary/aromatic N) is 2. The smallest absolute Gasteiger partial charge is 0.269 e. The van der Waals surface area contributed by atoms with E-state index in [0.29, 0.717) is 23.1 Å². The summed E-state index contributed by atoms with van der Waals surface area (Å²) in [5.41, 5.74) is 1.29. The van der Waals surface area contributed by atoms with E-state index < -0.39 is 11.0 Å². The predicted molar refractivity (Wildman–Crippen MR) is 106 cm³/mol. The van der Waals surface area contributed by atoms with E-state index in [0.717, 1.165) is 18.2 Å². The molecule has 0 radical (unpaired) electrons. The molecule has 0 aliphatic carbocycles. The minimum Gasteiger partial charge on any atom is -0.505 e. The zero-order valence-electron chi connectivity index (χ0n) is 15.5. The van der Waals surface area contributed by atoms with Gasteiger partial charge in [0.1, 0.15) is 11.3 Å². The molecular weight excluding hydrogens is 358 g/mol. The lowest BCUT2D eigenvalue weighted by Crippen LogP contribution is -2.29. The molecule has 0 spiro atoms. The minimum absolute atomic E-state index is 0.0506. The van der Waals surface area contributed by atoms with Crippen molar-refractivity contribution in [2.75, 3.05) is 0 Å². The maximum atomic E-state index is 12.4. The van der Waals surface area contributed by atoms with E-state index in [2.05, 4.69) is 10.3 Å². The van der Waals surface area contributed by atoms with Crippen LogP contribution in [0.1, 0.15) is 43.4 Å². The number of non-ortho nitro benzene ring substituents is 1. The number of fused-ring (bicyclic) bond motifs is 1. The molecule has 2 aromatic carbocycles. The van der Waals surface area contributed by atoms with Crippen molar-refractivity contribution in [3.05, 3.63) is 76.0 Å². The lowest BCUT2D eigenvalue weighted by atomic mass is 9.95. The number of rotatable bonds is 7. The molecule has 28 heavy (non-hydrogen) atoms. The SMILES string of the molecule is CCCCC(=O)N[C@H](c1cccc([N+](=O)[O-])c1)c1ccc2cccnc2c1O. The van der Waals surface area contributed by atoms with E-state index in [9.17, 15) is 20.0 Å². The summed E-state index contributed by atoms with van der Waals surface area (Å²) in [6.07, 6.45) is 3.53. The number of phenols is 1. The van der Waals surface area contributed by atoms with Gasteiger partial charge >= 0.3 is 0 Å². The van der Waals surface area contributed by atoms with Gasteiger partial charge in [-0.05, 0) is 18.1 Å². The molecule has 1 amide bonds. The second-order valence-corrected chi connectivity index (χ2v) is 6.53. The Kier molecular flexibility index (Phi) is 5.84. The average Bonchev–Trinajstić information content (AvgIpc) is 2.71. The van der Waals surface area contributed by atoms with Crippen LogP contribution >= 0.6 is 0 Å². The van der Waals surface area contributed by atoms with Crippen molar-refractivity contribution in [1.82, 2.24) is 10.3 Å². The van der Waals surface area contributed by atoms with E-state index in [1.165, 1.54) is 12.1 Å². The number of benzene rings is 2. The molecule has 7 heteroatoms. The predicted octanol–water partition coefficient (Wildman–Crippen LogP) is 4.24. The molecular formula is C21H21N3O4. The van der Waals surface area contributed by atoms with Gasteiger partial charge in [-0.15, -0.1) is 0 Å². The molecule has 0 bridgehead atoms. The highest BCUT2D eigenvalue weighted by Gasteiger charge is 2.23. The Morgan fingerprint density at radius 3 is 2.82 bits per heavy atom. The Balaban J connectivity index is 2.08. The fourth-order valence-electron chi connectivity index (χ4n) is 3.11. The van der Waals surface area contributed by atoms with Gasteiger partial charge in [0.25, 0.3) is 5.69 Å². The first kappa shape index (κ1) is 19.3. The zero-order valence-corrected chi connectivity index (χ0v) is 15.5. The van der Waals surface area contributed by atoms with Crippen LogP contribution in [0.2, 0.25) is 0 Å². The highest BCUT2D eigenvalue weighted by Crippen LogP contribution is 2.35. The number of amides is 1. The molecule has 1 aromatic heterocycles. The molecule has 1 heterocycles. The molecule has 0 saturated carbocycles. The maximum Gasteiger partial charge on any atom is 0.269 e. The summed E-state index contributed by atoms with van der Waals surface area (Å²) in [5, 5.41) is 25.6. The fraction of sp³-hybridized carbons (Fsp3) is 0.238. The lowest BCUT2D eigenvalue weighted by Gasteiger charge is -2.21. The van der Waals surface area contributed by atoms with Gasteiger partial charge < -0.3 is 10.4 Å². The van der Waals surface area contributed by atoms with Crippen LogP contribution in [0.3, 0.4) is 0 Å². The van der Waals surface area contributed by atoms with E-state index in [-0.39, 0.29) is 17.3 Å². The van der Waals surface area contributed by atoms with Crippen molar-refractivity contribution in [2.45, 2.75) is 32.2 Å². The van der Waals surface area contributed by atoms with Crippen LogP contribution in [0, 0.1) is 10.1 Å². The third kappa shape index (κ3) is 4.09. The van der Waals surface area contributed by atoms with Gasteiger partial charge in [0.2, 0.25) is 5.91 Å². The average molecular weight is 379 g/mol. The number of pyridine rings is 1. The largest absolute Gasteiger partial charge is 0.505 e.